The van der Waals surface area contributed by atoms with Crippen molar-refractivity contribution in [3.05, 3.63) is 52.4 Å². The van der Waals surface area contributed by atoms with Crippen molar-refractivity contribution in [1.82, 2.24) is 5.32 Å². The Morgan fingerprint density at radius 3 is 2.73 bits per heavy atom. The lowest BCUT2D eigenvalue weighted by Gasteiger charge is -2.19. The maximum atomic E-state index is 13.2. The molecule has 1 fully saturated rings. The minimum absolute atomic E-state index is 0.152. The number of aryl methyl sites for hydroxylation is 1. The second kappa shape index (κ2) is 7.50. The van der Waals surface area contributed by atoms with E-state index >= 15 is 0 Å². The number of hydrogen-bond donors (Lipinski definition) is 1. The van der Waals surface area contributed by atoms with E-state index in [-0.39, 0.29) is 17.4 Å². The first-order valence-electron chi connectivity index (χ1n) is 10.0. The van der Waals surface area contributed by atoms with E-state index in [1.54, 1.807) is 37.3 Å². The van der Waals surface area contributed by atoms with Crippen LogP contribution in [-0.4, -0.2) is 31.8 Å². The molecule has 5 rings (SSSR count). The lowest BCUT2D eigenvalue weighted by Crippen LogP contribution is -2.34. The Morgan fingerprint density at radius 1 is 1.10 bits per heavy atom. The second-order valence-corrected chi connectivity index (χ2v) is 7.45. The van der Waals surface area contributed by atoms with Crippen LogP contribution in [0.2, 0.25) is 0 Å². The van der Waals surface area contributed by atoms with Crippen LogP contribution in [-0.2, 0) is 4.79 Å². The first kappa shape index (κ1) is 18.7. The molecule has 1 saturated heterocycles. The fourth-order valence-electron chi connectivity index (χ4n) is 3.95. The fourth-order valence-corrected chi connectivity index (χ4v) is 3.95. The molecule has 0 amide bonds. The summed E-state index contributed by atoms with van der Waals surface area (Å²) in [5.41, 5.74) is 1.40. The number of nitrogens with one attached hydrogen (secondary N) is 1. The van der Waals surface area contributed by atoms with Crippen LogP contribution in [0, 0.1) is 6.92 Å². The molecule has 0 radical (unpaired) electrons. The maximum Gasteiger partial charge on any atom is 0.328 e. The largest absolute Gasteiger partial charge is 0.486 e. The van der Waals surface area contributed by atoms with Gasteiger partial charge < -0.3 is 23.9 Å². The number of carbonyl (C=O) groups excluding carboxylic acids is 1. The molecular formula is C23H21NO6. The predicted molar refractivity (Wildman–Crippen MR) is 110 cm³/mol. The molecule has 30 heavy (non-hydrogen) atoms. The number of hydrogen-bond acceptors (Lipinski definition) is 7. The molecule has 0 unspecified atom stereocenters. The maximum absolute atomic E-state index is 13.2. The topological polar surface area (TPSA) is 87.0 Å². The first-order valence-corrected chi connectivity index (χ1v) is 10.0. The van der Waals surface area contributed by atoms with Crippen molar-refractivity contribution >= 4 is 16.9 Å². The van der Waals surface area contributed by atoms with Crippen LogP contribution in [0.15, 0.2) is 45.6 Å². The third kappa shape index (κ3) is 3.31. The summed E-state index contributed by atoms with van der Waals surface area (Å²) in [6.07, 6.45) is 1.72. The zero-order valence-corrected chi connectivity index (χ0v) is 16.5. The van der Waals surface area contributed by atoms with Gasteiger partial charge in [0.05, 0.1) is 10.9 Å². The van der Waals surface area contributed by atoms with E-state index in [0.717, 1.165) is 19.4 Å². The van der Waals surface area contributed by atoms with Crippen LogP contribution >= 0.6 is 0 Å². The van der Waals surface area contributed by atoms with Crippen molar-refractivity contribution in [2.45, 2.75) is 25.8 Å². The predicted octanol–water partition coefficient (Wildman–Crippen LogP) is 3.20. The van der Waals surface area contributed by atoms with Crippen molar-refractivity contribution in [3.8, 4) is 28.4 Å². The van der Waals surface area contributed by atoms with Gasteiger partial charge in [-0.2, -0.15) is 0 Å². The molecule has 3 heterocycles. The Morgan fingerprint density at radius 2 is 1.93 bits per heavy atom. The number of ether oxygens (including phenoxy) is 3. The highest BCUT2D eigenvalue weighted by Gasteiger charge is 2.24. The van der Waals surface area contributed by atoms with E-state index in [2.05, 4.69) is 5.32 Å². The average Bonchev–Trinajstić information content (AvgIpc) is 3.28. The molecule has 1 N–H and O–H groups in total. The van der Waals surface area contributed by atoms with E-state index in [4.69, 9.17) is 18.6 Å². The molecule has 2 aliphatic heterocycles. The molecule has 2 aliphatic rings. The van der Waals surface area contributed by atoms with Gasteiger partial charge in [0.25, 0.3) is 0 Å². The highest BCUT2D eigenvalue weighted by Crippen LogP contribution is 2.35. The van der Waals surface area contributed by atoms with Gasteiger partial charge in [0.15, 0.2) is 11.5 Å². The summed E-state index contributed by atoms with van der Waals surface area (Å²) in [7, 11) is 0. The highest BCUT2D eigenvalue weighted by atomic mass is 16.6. The van der Waals surface area contributed by atoms with Crippen LogP contribution in [0.3, 0.4) is 0 Å². The second-order valence-electron chi connectivity index (χ2n) is 7.45. The van der Waals surface area contributed by atoms with Gasteiger partial charge in [-0.1, -0.05) is 6.07 Å². The van der Waals surface area contributed by atoms with Crippen molar-refractivity contribution in [3.63, 3.8) is 0 Å². The Hall–Kier alpha value is -3.32. The van der Waals surface area contributed by atoms with Crippen molar-refractivity contribution in [2.24, 2.45) is 0 Å². The van der Waals surface area contributed by atoms with Crippen LogP contribution in [0.25, 0.3) is 22.1 Å². The summed E-state index contributed by atoms with van der Waals surface area (Å²) in [5.74, 6) is 1.79. The standard InChI is InChI=1S/C23H21NO6/c1-13-21(14-4-7-18-20(11-14)28-10-9-27-18)22(25)16-6-5-15(12-19(16)29-13)30-23(26)17-3-2-8-24-17/h4-7,11-12,17,24H,2-3,8-10H2,1H3/t17-/m0/s1. The van der Waals surface area contributed by atoms with Gasteiger partial charge in [-0.05, 0) is 56.1 Å². The van der Waals surface area contributed by atoms with Gasteiger partial charge in [-0.25, -0.2) is 4.79 Å². The van der Waals surface area contributed by atoms with Crippen molar-refractivity contribution in [1.29, 1.82) is 0 Å². The van der Waals surface area contributed by atoms with Gasteiger partial charge in [0, 0.05) is 6.07 Å². The van der Waals surface area contributed by atoms with Gasteiger partial charge in [-0.3, -0.25) is 4.79 Å². The zero-order valence-electron chi connectivity index (χ0n) is 16.5. The minimum Gasteiger partial charge on any atom is -0.486 e. The molecule has 7 nitrogen and oxygen atoms in total. The summed E-state index contributed by atoms with van der Waals surface area (Å²) in [5, 5.41) is 3.53. The van der Waals surface area contributed by atoms with Gasteiger partial charge in [-0.15, -0.1) is 0 Å². The third-order valence-corrected chi connectivity index (χ3v) is 5.43. The third-order valence-electron chi connectivity index (χ3n) is 5.43. The Bertz CT molecular complexity index is 1190. The quantitative estimate of drug-likeness (QED) is 0.527. The lowest BCUT2D eigenvalue weighted by atomic mass is 10.0. The molecule has 154 valence electrons. The summed E-state index contributed by atoms with van der Waals surface area (Å²) >= 11 is 0. The molecule has 2 aromatic carbocycles. The first-order chi connectivity index (χ1) is 14.6. The average molecular weight is 407 g/mol. The van der Waals surface area contributed by atoms with Crippen molar-refractivity contribution in [2.75, 3.05) is 19.8 Å². The Kier molecular flexibility index (Phi) is 4.67. The monoisotopic (exact) mass is 407 g/mol. The normalized spacial score (nSPS) is 17.8. The SMILES string of the molecule is Cc1oc2cc(OC(=O)[C@@H]3CCCN3)ccc2c(=O)c1-c1ccc2c(c1)OCCO2. The van der Waals surface area contributed by atoms with E-state index in [1.165, 1.54) is 0 Å². The van der Waals surface area contributed by atoms with Crippen LogP contribution in [0.1, 0.15) is 18.6 Å². The summed E-state index contributed by atoms with van der Waals surface area (Å²) in [4.78, 5) is 25.5. The molecule has 7 heteroatoms. The number of rotatable bonds is 3. The van der Waals surface area contributed by atoms with Gasteiger partial charge >= 0.3 is 5.97 Å². The molecule has 0 saturated carbocycles. The highest BCUT2D eigenvalue weighted by molar-refractivity contribution is 5.85. The number of fused-ring (bicyclic) bond motifs is 2. The van der Waals surface area contributed by atoms with Gasteiger partial charge in [0.1, 0.15) is 36.3 Å². The van der Waals surface area contributed by atoms with Crippen LogP contribution in [0.5, 0.6) is 17.2 Å². The Labute approximate surface area is 172 Å². The zero-order chi connectivity index (χ0) is 20.7. The van der Waals surface area contributed by atoms with E-state index in [1.807, 2.05) is 6.07 Å². The number of carbonyl (C=O) groups is 1. The molecule has 1 aromatic heterocycles. The molecule has 3 aromatic rings. The van der Waals surface area contributed by atoms with E-state index in [0.29, 0.717) is 58.3 Å². The van der Waals surface area contributed by atoms with E-state index in [9.17, 15) is 9.59 Å². The number of benzene rings is 2. The fraction of sp³-hybridized carbons (Fsp3) is 0.304. The lowest BCUT2D eigenvalue weighted by molar-refractivity contribution is -0.136. The molecule has 0 aliphatic carbocycles. The molecule has 0 spiro atoms. The van der Waals surface area contributed by atoms with Crippen molar-refractivity contribution < 1.29 is 23.4 Å². The minimum atomic E-state index is -0.321. The summed E-state index contributed by atoms with van der Waals surface area (Å²) in [6, 6.07) is 9.97. The van der Waals surface area contributed by atoms with E-state index < -0.39 is 0 Å². The van der Waals surface area contributed by atoms with Crippen LogP contribution < -0.4 is 25.0 Å². The van der Waals surface area contributed by atoms with Gasteiger partial charge in [0.2, 0.25) is 5.43 Å². The molecule has 0 bridgehead atoms. The Balaban J connectivity index is 1.51. The summed E-state index contributed by atoms with van der Waals surface area (Å²) in [6.45, 7) is 3.54. The molecular weight excluding hydrogens is 386 g/mol. The smallest absolute Gasteiger partial charge is 0.328 e. The number of esters is 1. The van der Waals surface area contributed by atoms with Crippen LogP contribution in [0.4, 0.5) is 0 Å². The summed E-state index contributed by atoms with van der Waals surface area (Å²) < 4.78 is 22.6. The molecule has 1 atom stereocenters.